The predicted molar refractivity (Wildman–Crippen MR) is 75.8 cm³/mol. The quantitative estimate of drug-likeness (QED) is 0.840. The van der Waals surface area contributed by atoms with E-state index < -0.39 is 11.7 Å². The molecule has 0 spiro atoms. The van der Waals surface area contributed by atoms with Gasteiger partial charge in [0.1, 0.15) is 12.4 Å². The molecule has 2 rings (SSSR count). The van der Waals surface area contributed by atoms with Crippen molar-refractivity contribution in [2.24, 2.45) is 0 Å². The van der Waals surface area contributed by atoms with Gasteiger partial charge < -0.3 is 10.4 Å². The summed E-state index contributed by atoms with van der Waals surface area (Å²) < 4.78 is 13.7. The number of hydrogen-bond acceptors (Lipinski definition) is 3. The van der Waals surface area contributed by atoms with E-state index in [-0.39, 0.29) is 18.7 Å². The number of pyridine rings is 1. The van der Waals surface area contributed by atoms with Crippen LogP contribution in [0.3, 0.4) is 0 Å². The third-order valence-corrected chi connectivity index (χ3v) is 2.68. The van der Waals surface area contributed by atoms with Crippen LogP contribution in [0.1, 0.15) is 21.6 Å². The normalized spacial score (nSPS) is 9.62. The molecular weight excluding hydrogens is 271 g/mol. The van der Waals surface area contributed by atoms with Crippen molar-refractivity contribution < 1.29 is 14.3 Å². The van der Waals surface area contributed by atoms with Crippen molar-refractivity contribution in [2.75, 3.05) is 6.61 Å². The molecule has 106 valence electrons. The lowest BCUT2D eigenvalue weighted by atomic mass is 10.1. The Kier molecular flexibility index (Phi) is 5.02. The smallest absolute Gasteiger partial charge is 0.254 e. The van der Waals surface area contributed by atoms with E-state index in [9.17, 15) is 9.18 Å². The zero-order valence-electron chi connectivity index (χ0n) is 11.1. The Morgan fingerprint density at radius 2 is 2.19 bits per heavy atom. The number of benzene rings is 1. The number of nitrogens with zero attached hydrogens (tertiary/aromatic N) is 1. The maximum atomic E-state index is 13.7. The van der Waals surface area contributed by atoms with Gasteiger partial charge in [-0.1, -0.05) is 17.9 Å². The van der Waals surface area contributed by atoms with Gasteiger partial charge >= 0.3 is 0 Å². The molecule has 2 N–H and O–H groups in total. The van der Waals surface area contributed by atoms with Gasteiger partial charge in [-0.05, 0) is 30.3 Å². The number of aromatic nitrogens is 1. The highest BCUT2D eigenvalue weighted by Crippen LogP contribution is 2.10. The Hall–Kier alpha value is -2.71. The van der Waals surface area contributed by atoms with Crippen LogP contribution in [0.2, 0.25) is 0 Å². The number of aliphatic hydroxyl groups is 1. The summed E-state index contributed by atoms with van der Waals surface area (Å²) in [5, 5.41) is 11.2. The van der Waals surface area contributed by atoms with Gasteiger partial charge in [0, 0.05) is 11.8 Å². The largest absolute Gasteiger partial charge is 0.384 e. The number of carbonyl (C=O) groups excluding carboxylic acids is 1. The molecule has 0 aliphatic carbocycles. The van der Waals surface area contributed by atoms with E-state index in [1.165, 1.54) is 18.2 Å². The van der Waals surface area contributed by atoms with Crippen LogP contribution in [0, 0.1) is 17.7 Å². The molecule has 1 aromatic heterocycles. The maximum Gasteiger partial charge on any atom is 0.254 e. The molecule has 5 heteroatoms. The Morgan fingerprint density at radius 3 is 2.90 bits per heavy atom. The van der Waals surface area contributed by atoms with Crippen LogP contribution in [0.4, 0.5) is 4.39 Å². The summed E-state index contributed by atoms with van der Waals surface area (Å²) in [6.45, 7) is -0.0791. The van der Waals surface area contributed by atoms with E-state index >= 15 is 0 Å². The van der Waals surface area contributed by atoms with Crippen molar-refractivity contribution in [1.82, 2.24) is 10.3 Å². The van der Waals surface area contributed by atoms with Crippen LogP contribution in [-0.4, -0.2) is 22.6 Å². The first-order chi connectivity index (χ1) is 10.2. The van der Waals surface area contributed by atoms with Crippen molar-refractivity contribution >= 4 is 5.91 Å². The van der Waals surface area contributed by atoms with E-state index in [0.717, 1.165) is 0 Å². The summed E-state index contributed by atoms with van der Waals surface area (Å²) in [4.78, 5) is 16.1. The predicted octanol–water partition coefficient (Wildman–Crippen LogP) is 1.49. The molecule has 21 heavy (non-hydrogen) atoms. The first-order valence-electron chi connectivity index (χ1n) is 6.28. The van der Waals surface area contributed by atoms with E-state index in [1.54, 1.807) is 24.4 Å². The van der Waals surface area contributed by atoms with Crippen LogP contribution in [0.5, 0.6) is 0 Å². The van der Waals surface area contributed by atoms with Crippen molar-refractivity contribution in [2.45, 2.75) is 6.54 Å². The van der Waals surface area contributed by atoms with Gasteiger partial charge in [-0.25, -0.2) is 4.39 Å². The minimum Gasteiger partial charge on any atom is -0.384 e. The number of rotatable bonds is 3. The molecule has 0 bridgehead atoms. The number of carbonyl (C=O) groups is 1. The van der Waals surface area contributed by atoms with Gasteiger partial charge in [0.05, 0.1) is 17.8 Å². The van der Waals surface area contributed by atoms with Crippen LogP contribution in [0.25, 0.3) is 0 Å². The topological polar surface area (TPSA) is 62.2 Å². The molecule has 2 aromatic rings. The van der Waals surface area contributed by atoms with Crippen molar-refractivity contribution in [3.05, 3.63) is 65.2 Å². The molecule has 1 aromatic carbocycles. The monoisotopic (exact) mass is 284 g/mol. The number of aliphatic hydroxyl groups excluding tert-OH is 1. The van der Waals surface area contributed by atoms with Gasteiger partial charge in [0.15, 0.2) is 0 Å². The van der Waals surface area contributed by atoms with Gasteiger partial charge in [-0.2, -0.15) is 0 Å². The molecule has 0 aliphatic heterocycles. The first kappa shape index (κ1) is 14.7. The summed E-state index contributed by atoms with van der Waals surface area (Å²) in [5.74, 6) is 3.92. The molecule has 4 nitrogen and oxygen atoms in total. The van der Waals surface area contributed by atoms with E-state index in [1.807, 2.05) is 0 Å². The first-order valence-corrected chi connectivity index (χ1v) is 6.28. The van der Waals surface area contributed by atoms with Gasteiger partial charge in [-0.3, -0.25) is 9.78 Å². The van der Waals surface area contributed by atoms with Crippen LogP contribution in [-0.2, 0) is 6.54 Å². The van der Waals surface area contributed by atoms with Crippen LogP contribution < -0.4 is 5.32 Å². The fourth-order valence-corrected chi connectivity index (χ4v) is 1.69. The van der Waals surface area contributed by atoms with Gasteiger partial charge in [-0.15, -0.1) is 0 Å². The Morgan fingerprint density at radius 1 is 1.33 bits per heavy atom. The van der Waals surface area contributed by atoms with Crippen molar-refractivity contribution in [3.8, 4) is 11.8 Å². The fourth-order valence-electron chi connectivity index (χ4n) is 1.69. The highest BCUT2D eigenvalue weighted by molar-refractivity contribution is 5.94. The van der Waals surface area contributed by atoms with E-state index in [0.29, 0.717) is 11.3 Å². The molecule has 0 saturated heterocycles. The van der Waals surface area contributed by atoms with E-state index in [2.05, 4.69) is 22.1 Å². The minimum absolute atomic E-state index is 0.0873. The molecule has 0 atom stereocenters. The minimum atomic E-state index is -0.622. The van der Waals surface area contributed by atoms with Crippen LogP contribution >= 0.6 is 0 Å². The summed E-state index contributed by atoms with van der Waals surface area (Å²) in [7, 11) is 0. The molecular formula is C16H13FN2O2. The molecule has 1 amide bonds. The number of nitrogens with one attached hydrogen (secondary N) is 1. The van der Waals surface area contributed by atoms with Crippen molar-refractivity contribution in [1.29, 1.82) is 0 Å². The second-order valence-corrected chi connectivity index (χ2v) is 4.16. The van der Waals surface area contributed by atoms with Gasteiger partial charge in [0.2, 0.25) is 0 Å². The summed E-state index contributed by atoms with van der Waals surface area (Å²) >= 11 is 0. The van der Waals surface area contributed by atoms with Crippen molar-refractivity contribution in [3.63, 3.8) is 0 Å². The molecule has 0 fully saturated rings. The highest BCUT2D eigenvalue weighted by atomic mass is 19.1. The number of halogens is 1. The zero-order valence-corrected chi connectivity index (χ0v) is 11.1. The summed E-state index contributed by atoms with van der Waals surface area (Å²) in [6, 6.07) is 9.32. The Bertz CT molecular complexity index is 690. The average Bonchev–Trinajstić information content (AvgIpc) is 2.53. The van der Waals surface area contributed by atoms with Gasteiger partial charge in [0.25, 0.3) is 5.91 Å². The summed E-state index contributed by atoms with van der Waals surface area (Å²) in [5.41, 5.74) is 1.06. The lowest BCUT2D eigenvalue weighted by Crippen LogP contribution is -2.24. The third kappa shape index (κ3) is 4.13. The second-order valence-electron chi connectivity index (χ2n) is 4.16. The number of amides is 1. The standard InChI is InChI=1S/C16H13FN2O2/c17-15-7-6-12(4-3-9-20)10-14(15)16(21)19-11-13-5-1-2-8-18-13/h1-2,5-8,10,20H,9,11H2,(H,19,21). The number of hydrogen-bond donors (Lipinski definition) is 2. The lowest BCUT2D eigenvalue weighted by molar-refractivity contribution is 0.0946. The Labute approximate surface area is 121 Å². The highest BCUT2D eigenvalue weighted by Gasteiger charge is 2.12. The molecule has 0 aliphatic rings. The van der Waals surface area contributed by atoms with Crippen LogP contribution in [0.15, 0.2) is 42.6 Å². The lowest BCUT2D eigenvalue weighted by Gasteiger charge is -2.06. The Balaban J connectivity index is 2.11. The molecule has 0 unspecified atom stereocenters. The third-order valence-electron chi connectivity index (χ3n) is 2.68. The molecule has 0 radical (unpaired) electrons. The van der Waals surface area contributed by atoms with E-state index in [4.69, 9.17) is 5.11 Å². The average molecular weight is 284 g/mol. The zero-order chi connectivity index (χ0) is 15.1. The fraction of sp³-hybridized carbons (Fsp3) is 0.125. The molecule has 1 heterocycles. The SMILES string of the molecule is O=C(NCc1ccccn1)c1cc(C#CCO)ccc1F. The maximum absolute atomic E-state index is 13.7. The second kappa shape index (κ2) is 7.17. The molecule has 0 saturated carbocycles. The summed E-state index contributed by atoms with van der Waals surface area (Å²) in [6.07, 6.45) is 1.62.